The average Bonchev–Trinajstić information content (AvgIpc) is 2.47. The summed E-state index contributed by atoms with van der Waals surface area (Å²) in [6.07, 6.45) is 2.48. The number of halogens is 1. The summed E-state index contributed by atoms with van der Waals surface area (Å²) < 4.78 is 0. The van der Waals surface area contributed by atoms with Crippen molar-refractivity contribution in [2.24, 2.45) is 5.92 Å². The van der Waals surface area contributed by atoms with Crippen molar-refractivity contribution in [2.45, 2.75) is 19.4 Å². The van der Waals surface area contributed by atoms with Gasteiger partial charge in [-0.2, -0.15) is 0 Å². The minimum atomic E-state index is 0.0428. The summed E-state index contributed by atoms with van der Waals surface area (Å²) in [4.78, 5) is 14.1. The van der Waals surface area contributed by atoms with E-state index in [1.165, 1.54) is 12.8 Å². The molecule has 2 N–H and O–H groups in total. The summed E-state index contributed by atoms with van der Waals surface area (Å²) in [5, 5.41) is 7.03. The Morgan fingerprint density at radius 2 is 2.29 bits per heavy atom. The molecule has 4 nitrogen and oxygen atoms in total. The maximum atomic E-state index is 12.0. The van der Waals surface area contributed by atoms with Crippen LogP contribution >= 0.6 is 11.6 Å². The van der Waals surface area contributed by atoms with Crippen molar-refractivity contribution in [3.8, 4) is 0 Å². The molecule has 1 heterocycles. The molecule has 0 bridgehead atoms. The molecule has 1 aromatic carbocycles. The maximum absolute atomic E-state index is 12.0. The number of hydrogen-bond donors (Lipinski definition) is 2. The molecule has 1 aliphatic heterocycles. The fourth-order valence-corrected chi connectivity index (χ4v) is 2.92. The Balaban J connectivity index is 1.70. The van der Waals surface area contributed by atoms with Crippen molar-refractivity contribution in [1.29, 1.82) is 0 Å². The van der Waals surface area contributed by atoms with Crippen LogP contribution in [-0.2, 0) is 11.3 Å². The van der Waals surface area contributed by atoms with Crippen molar-refractivity contribution in [3.05, 3.63) is 34.9 Å². The van der Waals surface area contributed by atoms with Gasteiger partial charge >= 0.3 is 0 Å². The van der Waals surface area contributed by atoms with Crippen LogP contribution in [0.3, 0.4) is 0 Å². The van der Waals surface area contributed by atoms with Crippen LogP contribution in [-0.4, -0.2) is 44.0 Å². The minimum absolute atomic E-state index is 0.0428. The Bertz CT molecular complexity index is 461. The zero-order valence-corrected chi connectivity index (χ0v) is 13.3. The summed E-state index contributed by atoms with van der Waals surface area (Å²) in [7, 11) is 2.00. The van der Waals surface area contributed by atoms with E-state index in [-0.39, 0.29) is 5.91 Å². The summed E-state index contributed by atoms with van der Waals surface area (Å²) >= 11 is 6.07. The first-order valence-electron chi connectivity index (χ1n) is 7.54. The van der Waals surface area contributed by atoms with E-state index in [0.29, 0.717) is 24.0 Å². The van der Waals surface area contributed by atoms with E-state index in [1.54, 1.807) is 0 Å². The molecule has 2 rings (SSSR count). The number of nitrogens with zero attached hydrogens (tertiary/aromatic N) is 1. The highest BCUT2D eigenvalue weighted by atomic mass is 35.5. The van der Waals surface area contributed by atoms with Crippen molar-refractivity contribution in [2.75, 3.05) is 33.2 Å². The predicted molar refractivity (Wildman–Crippen MR) is 86.4 cm³/mol. The first-order valence-corrected chi connectivity index (χ1v) is 7.92. The molecular formula is C16H24ClN3O. The minimum Gasteiger partial charge on any atom is -0.351 e. The lowest BCUT2D eigenvalue weighted by Gasteiger charge is -2.27. The van der Waals surface area contributed by atoms with Gasteiger partial charge in [-0.1, -0.05) is 29.8 Å². The molecule has 1 atom stereocenters. The van der Waals surface area contributed by atoms with Crippen LogP contribution in [0.2, 0.25) is 5.02 Å². The molecule has 0 aromatic heterocycles. The zero-order valence-electron chi connectivity index (χ0n) is 12.6. The smallest absolute Gasteiger partial charge is 0.234 e. The second-order valence-electron chi connectivity index (χ2n) is 5.78. The van der Waals surface area contributed by atoms with Gasteiger partial charge in [0, 0.05) is 18.1 Å². The van der Waals surface area contributed by atoms with E-state index in [4.69, 9.17) is 11.6 Å². The normalized spacial score (nSPS) is 18.7. The van der Waals surface area contributed by atoms with Gasteiger partial charge in [-0.25, -0.2) is 0 Å². The molecule has 1 fully saturated rings. The van der Waals surface area contributed by atoms with E-state index >= 15 is 0 Å². The van der Waals surface area contributed by atoms with Gasteiger partial charge in [-0.05, 0) is 50.5 Å². The first-order chi connectivity index (χ1) is 10.1. The second-order valence-corrected chi connectivity index (χ2v) is 6.18. The lowest BCUT2D eigenvalue weighted by atomic mass is 9.99. The van der Waals surface area contributed by atoms with Crippen LogP contribution in [0.4, 0.5) is 0 Å². The number of carbonyl (C=O) groups is 1. The number of rotatable bonds is 6. The second kappa shape index (κ2) is 8.37. The maximum Gasteiger partial charge on any atom is 0.234 e. The van der Waals surface area contributed by atoms with Crippen LogP contribution < -0.4 is 10.6 Å². The van der Waals surface area contributed by atoms with Gasteiger partial charge in [-0.15, -0.1) is 0 Å². The standard InChI is InChI=1S/C16H24ClN3O/c1-20(11-13-5-4-8-18-9-13)12-16(21)19-10-14-6-2-3-7-15(14)17/h2-3,6-7,13,18H,4-5,8-12H2,1H3,(H,19,21). The first kappa shape index (κ1) is 16.3. The number of piperidine rings is 1. The van der Waals surface area contributed by atoms with Crippen LogP contribution in [0, 0.1) is 5.92 Å². The number of carbonyl (C=O) groups excluding carboxylic acids is 1. The number of likely N-dealkylation sites (N-methyl/N-ethyl adjacent to an activating group) is 1. The van der Waals surface area contributed by atoms with Crippen molar-refractivity contribution in [1.82, 2.24) is 15.5 Å². The highest BCUT2D eigenvalue weighted by Gasteiger charge is 2.16. The van der Waals surface area contributed by atoms with Gasteiger partial charge in [0.2, 0.25) is 5.91 Å². The Morgan fingerprint density at radius 1 is 1.48 bits per heavy atom. The predicted octanol–water partition coefficient (Wildman–Crippen LogP) is 1.89. The average molecular weight is 310 g/mol. The van der Waals surface area contributed by atoms with Crippen molar-refractivity contribution >= 4 is 17.5 Å². The third-order valence-corrected chi connectivity index (χ3v) is 4.18. The van der Waals surface area contributed by atoms with E-state index in [2.05, 4.69) is 15.5 Å². The fourth-order valence-electron chi connectivity index (χ4n) is 2.72. The third kappa shape index (κ3) is 5.65. The highest BCUT2D eigenvalue weighted by molar-refractivity contribution is 6.31. The quantitative estimate of drug-likeness (QED) is 0.843. The molecule has 0 radical (unpaired) electrons. The number of benzene rings is 1. The van der Waals surface area contributed by atoms with Crippen molar-refractivity contribution < 1.29 is 4.79 Å². The topological polar surface area (TPSA) is 44.4 Å². The van der Waals surface area contributed by atoms with E-state index in [0.717, 1.165) is 25.2 Å². The molecule has 1 saturated heterocycles. The van der Waals surface area contributed by atoms with Crippen LogP contribution in [0.1, 0.15) is 18.4 Å². The molecule has 5 heteroatoms. The number of amides is 1. The van der Waals surface area contributed by atoms with Gasteiger partial charge in [0.1, 0.15) is 0 Å². The molecule has 1 amide bonds. The Morgan fingerprint density at radius 3 is 3.00 bits per heavy atom. The monoisotopic (exact) mass is 309 g/mol. The number of hydrogen-bond acceptors (Lipinski definition) is 3. The van der Waals surface area contributed by atoms with Crippen molar-refractivity contribution in [3.63, 3.8) is 0 Å². The third-order valence-electron chi connectivity index (χ3n) is 3.82. The number of nitrogens with one attached hydrogen (secondary N) is 2. The lowest BCUT2D eigenvalue weighted by Crippen LogP contribution is -2.41. The Hall–Kier alpha value is -1.10. The van der Waals surface area contributed by atoms with Gasteiger partial charge in [0.05, 0.1) is 6.54 Å². The molecule has 0 spiro atoms. The molecule has 1 aromatic rings. The molecule has 1 unspecified atom stereocenters. The zero-order chi connectivity index (χ0) is 15.1. The molecule has 1 aliphatic rings. The van der Waals surface area contributed by atoms with Crippen LogP contribution in [0.5, 0.6) is 0 Å². The summed E-state index contributed by atoms with van der Waals surface area (Å²) in [6.45, 7) is 4.06. The van der Waals surface area contributed by atoms with Gasteiger partial charge in [-0.3, -0.25) is 9.69 Å². The molecule has 116 valence electrons. The van der Waals surface area contributed by atoms with E-state index in [9.17, 15) is 4.79 Å². The highest BCUT2D eigenvalue weighted by Crippen LogP contribution is 2.14. The molecule has 21 heavy (non-hydrogen) atoms. The SMILES string of the molecule is CN(CC(=O)NCc1ccccc1Cl)CC1CCCNC1. The summed E-state index contributed by atoms with van der Waals surface area (Å²) in [5.74, 6) is 0.696. The molecular weight excluding hydrogens is 286 g/mol. The van der Waals surface area contributed by atoms with Gasteiger partial charge < -0.3 is 10.6 Å². The van der Waals surface area contributed by atoms with Crippen LogP contribution in [0.15, 0.2) is 24.3 Å². The lowest BCUT2D eigenvalue weighted by molar-refractivity contribution is -0.122. The summed E-state index contributed by atoms with van der Waals surface area (Å²) in [5.41, 5.74) is 0.951. The van der Waals surface area contributed by atoms with E-state index < -0.39 is 0 Å². The van der Waals surface area contributed by atoms with E-state index in [1.807, 2.05) is 31.3 Å². The van der Waals surface area contributed by atoms with Gasteiger partial charge in [0.15, 0.2) is 0 Å². The molecule has 0 aliphatic carbocycles. The summed E-state index contributed by atoms with van der Waals surface area (Å²) in [6, 6.07) is 7.58. The largest absolute Gasteiger partial charge is 0.351 e. The fraction of sp³-hybridized carbons (Fsp3) is 0.562. The Labute approximate surface area is 131 Å². The van der Waals surface area contributed by atoms with Gasteiger partial charge in [0.25, 0.3) is 0 Å². The molecule has 0 saturated carbocycles. The Kier molecular flexibility index (Phi) is 6.49. The van der Waals surface area contributed by atoms with Crippen LogP contribution in [0.25, 0.3) is 0 Å².